The molecule has 0 amide bonds. The first-order chi connectivity index (χ1) is 16.4. The van der Waals surface area contributed by atoms with Crippen molar-refractivity contribution < 1.29 is 24.3 Å². The van der Waals surface area contributed by atoms with Gasteiger partial charge in [-0.05, 0) is 61.9 Å². The maximum Gasteiger partial charge on any atom is 0.227 e. The summed E-state index contributed by atoms with van der Waals surface area (Å²) in [5.74, 6) is 1.98. The smallest absolute Gasteiger partial charge is 0.227 e. The van der Waals surface area contributed by atoms with Crippen molar-refractivity contribution in [3.05, 3.63) is 65.0 Å². The largest absolute Gasteiger partial charge is 0.490 e. The molecule has 0 aliphatic heterocycles. The van der Waals surface area contributed by atoms with E-state index in [4.69, 9.17) is 14.4 Å². The average molecular weight is 465 g/mol. The summed E-state index contributed by atoms with van der Waals surface area (Å²) >= 11 is 0. The molecule has 180 valence electrons. The normalized spacial score (nSPS) is 19.2. The van der Waals surface area contributed by atoms with Crippen molar-refractivity contribution in [1.29, 1.82) is 0 Å². The molecule has 4 rings (SSSR count). The fourth-order valence-corrected chi connectivity index (χ4v) is 4.90. The van der Waals surface area contributed by atoms with Crippen LogP contribution in [-0.2, 0) is 16.6 Å². The van der Waals surface area contributed by atoms with Crippen LogP contribution in [-0.4, -0.2) is 45.5 Å². The van der Waals surface area contributed by atoms with Crippen LogP contribution in [0.4, 0.5) is 0 Å². The Morgan fingerprint density at radius 3 is 2.56 bits per heavy atom. The molecule has 0 spiro atoms. The van der Waals surface area contributed by atoms with Crippen molar-refractivity contribution in [3.8, 4) is 17.1 Å². The van der Waals surface area contributed by atoms with Gasteiger partial charge in [-0.3, -0.25) is 4.79 Å². The minimum absolute atomic E-state index is 0.0196. The number of ketones is 1. The molecule has 7 nitrogen and oxygen atoms in total. The topological polar surface area (TPSA) is 106 Å². The van der Waals surface area contributed by atoms with E-state index in [1.807, 2.05) is 44.2 Å². The van der Waals surface area contributed by atoms with Crippen molar-refractivity contribution in [2.45, 2.75) is 63.9 Å². The quantitative estimate of drug-likeness (QED) is 0.491. The molecule has 1 saturated carbocycles. The van der Waals surface area contributed by atoms with Crippen molar-refractivity contribution in [3.63, 3.8) is 0 Å². The monoisotopic (exact) mass is 464 g/mol. The molecule has 2 N–H and O–H groups in total. The first kappa shape index (κ1) is 24.1. The van der Waals surface area contributed by atoms with Crippen molar-refractivity contribution in [2.75, 3.05) is 13.2 Å². The second-order valence-electron chi connectivity index (χ2n) is 9.18. The van der Waals surface area contributed by atoms with Crippen molar-refractivity contribution in [1.82, 2.24) is 10.1 Å². The summed E-state index contributed by atoms with van der Waals surface area (Å²) in [6.07, 6.45) is 3.72. The zero-order chi connectivity index (χ0) is 24.1. The van der Waals surface area contributed by atoms with Gasteiger partial charge < -0.3 is 19.5 Å². The van der Waals surface area contributed by atoms with Crippen LogP contribution in [0.15, 0.2) is 47.0 Å². The van der Waals surface area contributed by atoms with E-state index in [1.54, 1.807) is 0 Å². The first-order valence-corrected chi connectivity index (χ1v) is 11.9. The second kappa shape index (κ2) is 10.5. The van der Waals surface area contributed by atoms with Gasteiger partial charge in [-0.2, -0.15) is 4.98 Å². The predicted molar refractivity (Wildman–Crippen MR) is 128 cm³/mol. The molecule has 2 atom stereocenters. The third-order valence-corrected chi connectivity index (χ3v) is 6.70. The van der Waals surface area contributed by atoms with E-state index in [0.717, 1.165) is 41.5 Å². The molecule has 1 aliphatic rings. The zero-order valence-electron chi connectivity index (χ0n) is 19.8. The van der Waals surface area contributed by atoms with E-state index >= 15 is 0 Å². The highest BCUT2D eigenvalue weighted by Gasteiger charge is 2.41. The summed E-state index contributed by atoms with van der Waals surface area (Å²) in [5, 5.41) is 22.7. The number of nitrogens with zero attached hydrogens (tertiary/aromatic N) is 2. The molecular formula is C27H32N2O5. The Morgan fingerprint density at radius 2 is 1.88 bits per heavy atom. The molecule has 1 aliphatic carbocycles. The third-order valence-electron chi connectivity index (χ3n) is 6.70. The van der Waals surface area contributed by atoms with Crippen LogP contribution in [0, 0.1) is 13.8 Å². The van der Waals surface area contributed by atoms with E-state index in [2.05, 4.69) is 22.3 Å². The first-order valence-electron chi connectivity index (χ1n) is 11.9. The lowest BCUT2D eigenvalue weighted by molar-refractivity contribution is -0.126. The number of aliphatic hydroxyl groups is 2. The summed E-state index contributed by atoms with van der Waals surface area (Å²) in [4.78, 5) is 17.7. The highest BCUT2D eigenvalue weighted by molar-refractivity contribution is 5.90. The van der Waals surface area contributed by atoms with E-state index in [-0.39, 0.29) is 13.2 Å². The molecule has 1 fully saturated rings. The maximum absolute atomic E-state index is 13.1. The summed E-state index contributed by atoms with van der Waals surface area (Å²) in [7, 11) is 0. The molecule has 0 bridgehead atoms. The van der Waals surface area contributed by atoms with Gasteiger partial charge in [0, 0.05) is 18.4 Å². The Kier molecular flexibility index (Phi) is 7.44. The number of benzene rings is 2. The van der Waals surface area contributed by atoms with Gasteiger partial charge in [-0.15, -0.1) is 0 Å². The van der Waals surface area contributed by atoms with Crippen LogP contribution in [0.25, 0.3) is 11.4 Å². The van der Waals surface area contributed by atoms with E-state index < -0.39 is 11.5 Å². The number of carbonyl (C=O) groups excluding carboxylic acids is 1. The fourth-order valence-electron chi connectivity index (χ4n) is 4.90. The van der Waals surface area contributed by atoms with Crippen LogP contribution in [0.3, 0.4) is 0 Å². The minimum Gasteiger partial charge on any atom is -0.490 e. The van der Waals surface area contributed by atoms with E-state index in [0.29, 0.717) is 42.5 Å². The number of Topliss-reactive ketones (excluding diaryl/α,β-unsaturated/α-hetero) is 1. The summed E-state index contributed by atoms with van der Waals surface area (Å²) in [6.45, 7) is 3.50. The van der Waals surface area contributed by atoms with E-state index in [1.165, 1.54) is 0 Å². The van der Waals surface area contributed by atoms with Gasteiger partial charge in [-0.1, -0.05) is 41.9 Å². The number of aryl methyl sites for hydroxylation is 3. The average Bonchev–Trinajstić information content (AvgIpc) is 3.33. The molecule has 0 saturated heterocycles. The Hall–Kier alpha value is -3.03. The van der Waals surface area contributed by atoms with Crippen LogP contribution in [0.5, 0.6) is 5.75 Å². The summed E-state index contributed by atoms with van der Waals surface area (Å²) in [6, 6.07) is 13.9. The van der Waals surface area contributed by atoms with Gasteiger partial charge >= 0.3 is 0 Å². The lowest BCUT2D eigenvalue weighted by Gasteiger charge is -2.36. The van der Waals surface area contributed by atoms with Gasteiger partial charge in [-0.25, -0.2) is 0 Å². The molecule has 0 radical (unpaired) electrons. The maximum atomic E-state index is 13.1. The van der Waals surface area contributed by atoms with Gasteiger partial charge in [0.2, 0.25) is 11.7 Å². The lowest BCUT2D eigenvalue weighted by atomic mass is 9.66. The standard InChI is InChI=1S/C27H32N2O5/c1-18-14-20(15-19(2)25(18)33-17-22(31)16-30)26-28-24(34-29-26)11-13-27(12-7-6-10-23(27)32)21-8-4-3-5-9-21/h3-5,8-9,14-15,22,30-31H,6-7,10-13,16-17H2,1-2H3/t22-,27?/m1/s1. The number of rotatable bonds is 9. The Balaban J connectivity index is 1.51. The molecule has 2 aromatic carbocycles. The number of aromatic nitrogens is 2. The van der Waals surface area contributed by atoms with Gasteiger partial charge in [0.25, 0.3) is 0 Å². The van der Waals surface area contributed by atoms with Gasteiger partial charge in [0.1, 0.15) is 24.2 Å². The number of hydrogen-bond donors (Lipinski definition) is 2. The zero-order valence-corrected chi connectivity index (χ0v) is 19.8. The summed E-state index contributed by atoms with van der Waals surface area (Å²) < 4.78 is 11.2. The van der Waals surface area contributed by atoms with Crippen LogP contribution in [0.2, 0.25) is 0 Å². The van der Waals surface area contributed by atoms with E-state index in [9.17, 15) is 9.90 Å². The van der Waals surface area contributed by atoms with Crippen LogP contribution < -0.4 is 4.74 Å². The molecule has 1 heterocycles. The Bertz CT molecular complexity index is 1100. The fraction of sp³-hybridized carbons (Fsp3) is 0.444. The second-order valence-corrected chi connectivity index (χ2v) is 9.18. The molecule has 1 aromatic heterocycles. The van der Waals surface area contributed by atoms with Gasteiger partial charge in [0.05, 0.1) is 12.0 Å². The molecule has 34 heavy (non-hydrogen) atoms. The van der Waals surface area contributed by atoms with Crippen molar-refractivity contribution in [2.24, 2.45) is 0 Å². The number of aliphatic hydroxyl groups excluding tert-OH is 2. The highest BCUT2D eigenvalue weighted by atomic mass is 16.5. The highest BCUT2D eigenvalue weighted by Crippen LogP contribution is 2.40. The van der Waals surface area contributed by atoms with Crippen LogP contribution >= 0.6 is 0 Å². The van der Waals surface area contributed by atoms with Gasteiger partial charge in [0.15, 0.2) is 0 Å². The molecule has 7 heteroatoms. The molecule has 3 aromatic rings. The minimum atomic E-state index is -0.923. The molecule has 1 unspecified atom stereocenters. The van der Waals surface area contributed by atoms with Crippen LogP contribution in [0.1, 0.15) is 54.7 Å². The number of carbonyl (C=O) groups is 1. The lowest BCUT2D eigenvalue weighted by Crippen LogP contribution is -2.39. The van der Waals surface area contributed by atoms with Crippen molar-refractivity contribution >= 4 is 5.78 Å². The third kappa shape index (κ3) is 5.05. The number of ether oxygens (including phenoxy) is 1. The Morgan fingerprint density at radius 1 is 1.15 bits per heavy atom. The SMILES string of the molecule is Cc1cc(-c2noc(CCC3(c4ccccc4)CCCCC3=O)n2)cc(C)c1OC[C@H](O)CO. The molecular weight excluding hydrogens is 432 g/mol. The Labute approximate surface area is 199 Å². The predicted octanol–water partition coefficient (Wildman–Crippen LogP) is 4.10. The number of hydrogen-bond acceptors (Lipinski definition) is 7. The summed E-state index contributed by atoms with van der Waals surface area (Å²) in [5.41, 5.74) is 3.16.